The molecule has 0 saturated heterocycles. The van der Waals surface area contributed by atoms with E-state index in [4.69, 9.17) is 10.5 Å². The maximum atomic E-state index is 13.0. The first-order valence-corrected chi connectivity index (χ1v) is 5.72. The fourth-order valence-corrected chi connectivity index (χ4v) is 2.31. The summed E-state index contributed by atoms with van der Waals surface area (Å²) in [6.07, 6.45) is 0. The van der Waals surface area contributed by atoms with E-state index in [0.29, 0.717) is 5.75 Å². The highest BCUT2D eigenvalue weighted by molar-refractivity contribution is 7.10. The van der Waals surface area contributed by atoms with E-state index in [1.54, 1.807) is 17.4 Å². The zero-order chi connectivity index (χ0) is 11.5. The molecule has 0 aliphatic rings. The number of methoxy groups -OCH3 is 1. The molecule has 1 atom stereocenters. The van der Waals surface area contributed by atoms with Crippen LogP contribution in [0.3, 0.4) is 0 Å². The molecule has 0 spiro atoms. The van der Waals surface area contributed by atoms with Gasteiger partial charge in [-0.3, -0.25) is 0 Å². The molecule has 2 rings (SSSR count). The molecule has 0 fully saturated rings. The van der Waals surface area contributed by atoms with Crippen molar-refractivity contribution in [2.24, 2.45) is 5.73 Å². The van der Waals surface area contributed by atoms with Crippen molar-refractivity contribution in [1.82, 2.24) is 0 Å². The Morgan fingerprint density at radius 2 is 2.19 bits per heavy atom. The van der Waals surface area contributed by atoms with E-state index in [1.165, 1.54) is 19.2 Å². The monoisotopic (exact) mass is 237 g/mol. The summed E-state index contributed by atoms with van der Waals surface area (Å²) in [6, 6.07) is 8.04. The Morgan fingerprint density at radius 1 is 1.38 bits per heavy atom. The van der Waals surface area contributed by atoms with Crippen LogP contribution in [0, 0.1) is 5.82 Å². The summed E-state index contributed by atoms with van der Waals surface area (Å²) < 4.78 is 18.2. The van der Waals surface area contributed by atoms with Crippen LogP contribution >= 0.6 is 11.3 Å². The van der Waals surface area contributed by atoms with Gasteiger partial charge in [-0.25, -0.2) is 4.39 Å². The summed E-state index contributed by atoms with van der Waals surface area (Å²) >= 11 is 1.57. The fraction of sp³-hybridized carbons (Fsp3) is 0.167. The Hall–Kier alpha value is -1.39. The first-order valence-electron chi connectivity index (χ1n) is 4.85. The molecule has 0 amide bonds. The lowest BCUT2D eigenvalue weighted by Gasteiger charge is -2.14. The molecule has 2 N–H and O–H groups in total. The zero-order valence-corrected chi connectivity index (χ0v) is 9.63. The van der Waals surface area contributed by atoms with Crippen molar-refractivity contribution in [3.05, 3.63) is 52.0 Å². The van der Waals surface area contributed by atoms with E-state index in [0.717, 1.165) is 10.4 Å². The molecule has 2 aromatic rings. The third kappa shape index (κ3) is 2.08. The number of rotatable bonds is 3. The predicted octanol–water partition coefficient (Wildman–Crippen LogP) is 2.94. The maximum absolute atomic E-state index is 13.0. The van der Waals surface area contributed by atoms with Gasteiger partial charge in [0.1, 0.15) is 11.6 Å². The third-order valence-corrected chi connectivity index (χ3v) is 3.34. The SMILES string of the molecule is COc1cc(F)ccc1[C@@H](N)c1cccs1. The van der Waals surface area contributed by atoms with E-state index < -0.39 is 0 Å². The second kappa shape index (κ2) is 4.63. The van der Waals surface area contributed by atoms with Gasteiger partial charge in [-0.15, -0.1) is 11.3 Å². The van der Waals surface area contributed by atoms with Gasteiger partial charge < -0.3 is 10.5 Å². The van der Waals surface area contributed by atoms with Crippen LogP contribution in [-0.4, -0.2) is 7.11 Å². The molecule has 16 heavy (non-hydrogen) atoms. The van der Waals surface area contributed by atoms with E-state index in [9.17, 15) is 4.39 Å². The van der Waals surface area contributed by atoms with Crippen molar-refractivity contribution < 1.29 is 9.13 Å². The van der Waals surface area contributed by atoms with E-state index in [2.05, 4.69) is 0 Å². The molecule has 0 aliphatic heterocycles. The molecule has 0 saturated carbocycles. The summed E-state index contributed by atoms with van der Waals surface area (Å²) in [5.74, 6) is 0.167. The van der Waals surface area contributed by atoms with E-state index in [1.807, 2.05) is 17.5 Å². The van der Waals surface area contributed by atoms with E-state index in [-0.39, 0.29) is 11.9 Å². The van der Waals surface area contributed by atoms with Gasteiger partial charge in [0.25, 0.3) is 0 Å². The van der Waals surface area contributed by atoms with Crippen LogP contribution in [-0.2, 0) is 0 Å². The van der Waals surface area contributed by atoms with Gasteiger partial charge in [0.05, 0.1) is 13.2 Å². The standard InChI is InChI=1S/C12H12FNOS/c1-15-10-7-8(13)4-5-9(10)12(14)11-3-2-6-16-11/h2-7,12H,14H2,1H3/t12-/m1/s1. The topological polar surface area (TPSA) is 35.2 Å². The van der Waals surface area contributed by atoms with Gasteiger partial charge in [-0.1, -0.05) is 12.1 Å². The number of benzene rings is 1. The van der Waals surface area contributed by atoms with Gasteiger partial charge in [-0.05, 0) is 17.5 Å². The average Bonchev–Trinajstić information content (AvgIpc) is 2.81. The highest BCUT2D eigenvalue weighted by Gasteiger charge is 2.15. The third-order valence-electron chi connectivity index (χ3n) is 2.38. The van der Waals surface area contributed by atoms with Crippen LogP contribution < -0.4 is 10.5 Å². The average molecular weight is 237 g/mol. The van der Waals surface area contributed by atoms with E-state index >= 15 is 0 Å². The molecule has 0 bridgehead atoms. The Balaban J connectivity index is 2.40. The van der Waals surface area contributed by atoms with Crippen molar-refractivity contribution in [1.29, 1.82) is 0 Å². The number of nitrogens with two attached hydrogens (primary N) is 1. The summed E-state index contributed by atoms with van der Waals surface area (Å²) in [5.41, 5.74) is 6.89. The lowest BCUT2D eigenvalue weighted by atomic mass is 10.1. The van der Waals surface area contributed by atoms with Gasteiger partial charge in [0.2, 0.25) is 0 Å². The van der Waals surface area contributed by atoms with Crippen molar-refractivity contribution in [2.45, 2.75) is 6.04 Å². The highest BCUT2D eigenvalue weighted by Crippen LogP contribution is 2.30. The van der Waals surface area contributed by atoms with Gasteiger partial charge in [0.15, 0.2) is 0 Å². The smallest absolute Gasteiger partial charge is 0.126 e. The first kappa shape index (κ1) is 11.1. The first-order chi connectivity index (χ1) is 7.72. The summed E-state index contributed by atoms with van der Waals surface area (Å²) in [4.78, 5) is 1.03. The molecule has 1 heterocycles. The van der Waals surface area contributed by atoms with Crippen molar-refractivity contribution in [3.63, 3.8) is 0 Å². The van der Waals surface area contributed by atoms with Crippen LogP contribution in [0.25, 0.3) is 0 Å². The Bertz CT molecular complexity index is 470. The van der Waals surface area contributed by atoms with Crippen LogP contribution in [0.4, 0.5) is 4.39 Å². The molecule has 0 aliphatic carbocycles. The summed E-state index contributed by atoms with van der Waals surface area (Å²) in [5, 5.41) is 1.96. The fourth-order valence-electron chi connectivity index (χ4n) is 1.56. The Kier molecular flexibility index (Phi) is 3.22. The molecule has 84 valence electrons. The second-order valence-electron chi connectivity index (χ2n) is 3.38. The molecule has 4 heteroatoms. The van der Waals surface area contributed by atoms with Crippen molar-refractivity contribution >= 4 is 11.3 Å². The molecule has 1 aromatic carbocycles. The van der Waals surface area contributed by atoms with Crippen LogP contribution in [0.5, 0.6) is 5.75 Å². The molecular formula is C12H12FNOS. The largest absolute Gasteiger partial charge is 0.496 e. The van der Waals surface area contributed by atoms with Crippen LogP contribution in [0.2, 0.25) is 0 Å². The molecular weight excluding hydrogens is 225 g/mol. The summed E-state index contributed by atoms with van der Waals surface area (Å²) in [7, 11) is 1.51. The quantitative estimate of drug-likeness (QED) is 0.890. The number of hydrogen-bond donors (Lipinski definition) is 1. The molecule has 1 aromatic heterocycles. The van der Waals surface area contributed by atoms with Gasteiger partial charge in [0, 0.05) is 16.5 Å². The van der Waals surface area contributed by atoms with Crippen LogP contribution in [0.1, 0.15) is 16.5 Å². The normalized spacial score (nSPS) is 12.4. The minimum Gasteiger partial charge on any atom is -0.496 e. The van der Waals surface area contributed by atoms with Crippen molar-refractivity contribution in [3.8, 4) is 5.75 Å². The Labute approximate surface area is 97.5 Å². The minimum atomic E-state index is -0.320. The second-order valence-corrected chi connectivity index (χ2v) is 4.36. The minimum absolute atomic E-state index is 0.268. The van der Waals surface area contributed by atoms with Gasteiger partial charge in [-0.2, -0.15) is 0 Å². The highest BCUT2D eigenvalue weighted by atomic mass is 32.1. The zero-order valence-electron chi connectivity index (χ0n) is 8.81. The lowest BCUT2D eigenvalue weighted by Crippen LogP contribution is -2.11. The number of thiophene rings is 1. The number of ether oxygens (including phenoxy) is 1. The van der Waals surface area contributed by atoms with Crippen molar-refractivity contribution in [2.75, 3.05) is 7.11 Å². The number of halogens is 1. The molecule has 0 unspecified atom stereocenters. The Morgan fingerprint density at radius 3 is 2.81 bits per heavy atom. The molecule has 0 radical (unpaired) electrons. The number of hydrogen-bond acceptors (Lipinski definition) is 3. The van der Waals surface area contributed by atoms with Crippen LogP contribution in [0.15, 0.2) is 35.7 Å². The lowest BCUT2D eigenvalue weighted by molar-refractivity contribution is 0.404. The molecule has 2 nitrogen and oxygen atoms in total. The maximum Gasteiger partial charge on any atom is 0.126 e. The van der Waals surface area contributed by atoms with Gasteiger partial charge >= 0.3 is 0 Å². The summed E-state index contributed by atoms with van der Waals surface area (Å²) in [6.45, 7) is 0. The predicted molar refractivity (Wildman–Crippen MR) is 63.3 cm³/mol.